The lowest BCUT2D eigenvalue weighted by molar-refractivity contribution is -0.114. The summed E-state index contributed by atoms with van der Waals surface area (Å²) < 4.78 is 0.759. The molecule has 1 atom stereocenters. The molecule has 20 heavy (non-hydrogen) atoms. The van der Waals surface area contributed by atoms with Crippen LogP contribution in [0.2, 0.25) is 0 Å². The maximum atomic E-state index is 12.0. The molecule has 1 fully saturated rings. The Kier molecular flexibility index (Phi) is 3.62. The molecule has 1 saturated carbocycles. The maximum absolute atomic E-state index is 12.0. The molecule has 1 aliphatic carbocycles. The second-order valence-corrected chi connectivity index (χ2v) is 6.16. The first-order valence-electron chi connectivity index (χ1n) is 6.63. The van der Waals surface area contributed by atoms with Gasteiger partial charge in [0.25, 0.3) is 11.7 Å². The molecule has 1 aromatic rings. The number of aliphatic hydroxyl groups excluding tert-OH is 1. The van der Waals surface area contributed by atoms with Gasteiger partial charge in [-0.3, -0.25) is 9.59 Å². The number of carbonyl (C=O) groups excluding carboxylic acids is 2. The molecule has 106 valence electrons. The summed E-state index contributed by atoms with van der Waals surface area (Å²) >= 11 is 3.29. The van der Waals surface area contributed by atoms with Crippen molar-refractivity contribution in [3.05, 3.63) is 28.2 Å². The van der Waals surface area contributed by atoms with Crippen LogP contribution in [0.4, 0.5) is 5.69 Å². The molecule has 0 bridgehead atoms. The van der Waals surface area contributed by atoms with Crippen molar-refractivity contribution < 1.29 is 14.7 Å². The molecule has 0 saturated heterocycles. The molecule has 1 unspecified atom stereocenters. The average molecular weight is 339 g/mol. The smallest absolute Gasteiger partial charge is 0.299 e. The van der Waals surface area contributed by atoms with Crippen molar-refractivity contribution >= 4 is 33.3 Å². The molecule has 5 nitrogen and oxygen atoms in total. The molecule has 1 aliphatic heterocycles. The molecule has 2 aliphatic rings. The summed E-state index contributed by atoms with van der Waals surface area (Å²) in [4.78, 5) is 25.3. The standard InChI is InChI=1S/C14H15BrN2O3/c15-8-1-4-12-11(5-8)13(19)14(20)17(12)7-10(18)6-16-9-2-3-9/h1,4-5,9-10,16,18H,2-3,6-7H2. The summed E-state index contributed by atoms with van der Waals surface area (Å²) in [5, 5.41) is 13.2. The third-order valence-electron chi connectivity index (χ3n) is 3.55. The minimum atomic E-state index is -0.679. The molecule has 2 N–H and O–H groups in total. The normalized spacial score (nSPS) is 19.4. The first-order valence-corrected chi connectivity index (χ1v) is 7.43. The van der Waals surface area contributed by atoms with E-state index in [-0.39, 0.29) is 6.54 Å². The number of nitrogens with one attached hydrogen (secondary N) is 1. The average Bonchev–Trinajstić information content (AvgIpc) is 3.22. The number of anilines is 1. The van der Waals surface area contributed by atoms with Gasteiger partial charge in [-0.15, -0.1) is 0 Å². The van der Waals surface area contributed by atoms with Crippen molar-refractivity contribution in [3.63, 3.8) is 0 Å². The minimum Gasteiger partial charge on any atom is -0.390 e. The van der Waals surface area contributed by atoms with Crippen LogP contribution in [0.1, 0.15) is 23.2 Å². The van der Waals surface area contributed by atoms with E-state index in [2.05, 4.69) is 21.2 Å². The number of benzene rings is 1. The van der Waals surface area contributed by atoms with E-state index in [1.807, 2.05) is 0 Å². The van der Waals surface area contributed by atoms with E-state index in [1.165, 1.54) is 4.90 Å². The first kappa shape index (κ1) is 13.7. The monoisotopic (exact) mass is 338 g/mol. The van der Waals surface area contributed by atoms with Crippen LogP contribution in [-0.4, -0.2) is 42.0 Å². The zero-order valence-corrected chi connectivity index (χ0v) is 12.4. The maximum Gasteiger partial charge on any atom is 0.299 e. The predicted octanol–water partition coefficient (Wildman–Crippen LogP) is 1.09. The van der Waals surface area contributed by atoms with Crippen LogP contribution < -0.4 is 10.2 Å². The zero-order valence-electron chi connectivity index (χ0n) is 10.8. The van der Waals surface area contributed by atoms with Gasteiger partial charge in [-0.2, -0.15) is 0 Å². The van der Waals surface area contributed by atoms with Crippen molar-refractivity contribution in [1.29, 1.82) is 0 Å². The fourth-order valence-electron chi connectivity index (χ4n) is 2.32. The van der Waals surface area contributed by atoms with E-state index in [4.69, 9.17) is 0 Å². The number of fused-ring (bicyclic) bond motifs is 1. The van der Waals surface area contributed by atoms with Gasteiger partial charge in [-0.1, -0.05) is 15.9 Å². The Morgan fingerprint density at radius 3 is 2.85 bits per heavy atom. The van der Waals surface area contributed by atoms with E-state index in [0.29, 0.717) is 23.8 Å². The summed E-state index contributed by atoms with van der Waals surface area (Å²) in [6.07, 6.45) is 1.61. The SMILES string of the molecule is O=C1C(=O)N(CC(O)CNC2CC2)c2ccc(Br)cc21. The van der Waals surface area contributed by atoms with Crippen molar-refractivity contribution in [3.8, 4) is 0 Å². The Morgan fingerprint density at radius 2 is 2.15 bits per heavy atom. The molecular weight excluding hydrogens is 324 g/mol. The van der Waals surface area contributed by atoms with Gasteiger partial charge < -0.3 is 15.3 Å². The number of hydrogen-bond acceptors (Lipinski definition) is 4. The quantitative estimate of drug-likeness (QED) is 0.788. The fourth-order valence-corrected chi connectivity index (χ4v) is 2.68. The lowest BCUT2D eigenvalue weighted by Crippen LogP contribution is -2.41. The third kappa shape index (κ3) is 2.63. The van der Waals surface area contributed by atoms with Gasteiger partial charge in [-0.05, 0) is 31.0 Å². The number of carbonyl (C=O) groups is 2. The van der Waals surface area contributed by atoms with E-state index >= 15 is 0 Å². The summed E-state index contributed by atoms with van der Waals surface area (Å²) in [6.45, 7) is 0.577. The highest BCUT2D eigenvalue weighted by Gasteiger charge is 2.36. The highest BCUT2D eigenvalue weighted by Crippen LogP contribution is 2.31. The first-order chi connectivity index (χ1) is 9.56. The largest absolute Gasteiger partial charge is 0.390 e. The summed E-state index contributed by atoms with van der Waals surface area (Å²) in [7, 11) is 0. The number of ketones is 1. The highest BCUT2D eigenvalue weighted by atomic mass is 79.9. The molecule has 3 rings (SSSR count). The number of nitrogens with zero attached hydrogens (tertiary/aromatic N) is 1. The molecule has 1 aromatic carbocycles. The lowest BCUT2D eigenvalue weighted by atomic mass is 10.1. The molecule has 1 heterocycles. The van der Waals surface area contributed by atoms with Crippen LogP contribution in [0, 0.1) is 0 Å². The number of rotatable bonds is 5. The molecule has 6 heteroatoms. The van der Waals surface area contributed by atoms with Gasteiger partial charge in [-0.25, -0.2) is 0 Å². The van der Waals surface area contributed by atoms with Crippen LogP contribution in [-0.2, 0) is 4.79 Å². The second kappa shape index (κ2) is 5.27. The van der Waals surface area contributed by atoms with Gasteiger partial charge >= 0.3 is 0 Å². The van der Waals surface area contributed by atoms with Crippen molar-refractivity contribution in [2.45, 2.75) is 25.0 Å². The Hall–Kier alpha value is -1.24. The minimum absolute atomic E-state index is 0.138. The Bertz CT molecular complexity index is 572. The third-order valence-corrected chi connectivity index (χ3v) is 4.04. The van der Waals surface area contributed by atoms with Gasteiger partial charge in [0.15, 0.2) is 0 Å². The Labute approximate surface area is 125 Å². The van der Waals surface area contributed by atoms with E-state index in [0.717, 1.165) is 17.3 Å². The number of Topliss-reactive ketones (excluding diaryl/α,β-unsaturated/α-hetero) is 1. The van der Waals surface area contributed by atoms with Crippen LogP contribution in [0.5, 0.6) is 0 Å². The number of aliphatic hydroxyl groups is 1. The van der Waals surface area contributed by atoms with Crippen molar-refractivity contribution in [2.24, 2.45) is 0 Å². The van der Waals surface area contributed by atoms with Gasteiger partial charge in [0.05, 0.1) is 23.9 Å². The van der Waals surface area contributed by atoms with Crippen LogP contribution in [0.25, 0.3) is 0 Å². The number of hydrogen-bond donors (Lipinski definition) is 2. The summed E-state index contributed by atoms with van der Waals surface area (Å²) in [6, 6.07) is 5.66. The van der Waals surface area contributed by atoms with E-state index in [9.17, 15) is 14.7 Å². The Morgan fingerprint density at radius 1 is 1.40 bits per heavy atom. The van der Waals surface area contributed by atoms with Crippen LogP contribution >= 0.6 is 15.9 Å². The van der Waals surface area contributed by atoms with Crippen LogP contribution in [0.3, 0.4) is 0 Å². The Balaban J connectivity index is 1.73. The number of amides is 1. The molecule has 0 aromatic heterocycles. The number of β-amino-alcohol motifs (C(OH)–C–C–N with tert-alkyl or cyclic N) is 1. The van der Waals surface area contributed by atoms with E-state index in [1.54, 1.807) is 18.2 Å². The van der Waals surface area contributed by atoms with Gasteiger partial charge in [0.1, 0.15) is 0 Å². The van der Waals surface area contributed by atoms with Crippen molar-refractivity contribution in [1.82, 2.24) is 5.32 Å². The topological polar surface area (TPSA) is 69.6 Å². The number of halogens is 1. The summed E-state index contributed by atoms with van der Waals surface area (Å²) in [5.41, 5.74) is 0.973. The molecule has 1 amide bonds. The molecule has 0 radical (unpaired) electrons. The van der Waals surface area contributed by atoms with Crippen molar-refractivity contribution in [2.75, 3.05) is 18.0 Å². The predicted molar refractivity (Wildman–Crippen MR) is 77.9 cm³/mol. The highest BCUT2D eigenvalue weighted by molar-refractivity contribution is 9.10. The van der Waals surface area contributed by atoms with Gasteiger partial charge in [0, 0.05) is 17.1 Å². The van der Waals surface area contributed by atoms with E-state index < -0.39 is 17.8 Å². The second-order valence-electron chi connectivity index (χ2n) is 5.24. The lowest BCUT2D eigenvalue weighted by Gasteiger charge is -2.20. The zero-order chi connectivity index (χ0) is 14.3. The fraction of sp³-hybridized carbons (Fsp3) is 0.429. The molecular formula is C14H15BrN2O3. The summed E-state index contributed by atoms with van der Waals surface area (Å²) in [5.74, 6) is -1.08. The molecule has 0 spiro atoms. The van der Waals surface area contributed by atoms with Crippen LogP contribution in [0.15, 0.2) is 22.7 Å². The van der Waals surface area contributed by atoms with Gasteiger partial charge in [0.2, 0.25) is 0 Å².